The molecule has 0 N–H and O–H groups in total. The van der Waals surface area contributed by atoms with Crippen molar-refractivity contribution in [1.29, 1.82) is 0 Å². The fourth-order valence-electron chi connectivity index (χ4n) is 3.03. The predicted molar refractivity (Wildman–Crippen MR) is 90.1 cm³/mol. The maximum Gasteiger partial charge on any atom is 0.270 e. The number of carbonyl (C=O) groups excluding carboxylic acids is 1. The van der Waals surface area contributed by atoms with Crippen LogP contribution in [0, 0.1) is 10.1 Å². The summed E-state index contributed by atoms with van der Waals surface area (Å²) in [6.45, 7) is 1.51. The van der Waals surface area contributed by atoms with Gasteiger partial charge in [-0.05, 0) is 26.9 Å². The number of benzene rings is 1. The first-order valence-corrected chi connectivity index (χ1v) is 8.00. The molecule has 2 aromatic rings. The third-order valence-corrected chi connectivity index (χ3v) is 4.24. The van der Waals surface area contributed by atoms with Crippen LogP contribution >= 0.6 is 0 Å². The number of nitro benzene ring substituents is 1. The summed E-state index contributed by atoms with van der Waals surface area (Å²) < 4.78 is 1.89. The second kappa shape index (κ2) is 6.52. The number of rotatable bonds is 5. The molecule has 1 aromatic carbocycles. The van der Waals surface area contributed by atoms with E-state index < -0.39 is 4.92 Å². The number of likely N-dealkylation sites (N-methyl/N-ethyl adjacent to an activating group) is 1. The van der Waals surface area contributed by atoms with Crippen LogP contribution in [0.15, 0.2) is 24.3 Å². The van der Waals surface area contributed by atoms with Crippen LogP contribution in [0.25, 0.3) is 11.3 Å². The Balaban J connectivity index is 2.09. The molecule has 0 aliphatic heterocycles. The van der Waals surface area contributed by atoms with Crippen LogP contribution in [-0.4, -0.2) is 46.0 Å². The number of non-ortho nitro benzene ring substituents is 1. The van der Waals surface area contributed by atoms with Gasteiger partial charge < -0.3 is 4.90 Å². The van der Waals surface area contributed by atoms with E-state index in [0.29, 0.717) is 29.8 Å². The highest BCUT2D eigenvalue weighted by molar-refractivity contribution is 6.03. The predicted octanol–water partition coefficient (Wildman–Crippen LogP) is 2.54. The van der Waals surface area contributed by atoms with Gasteiger partial charge in [-0.3, -0.25) is 19.6 Å². The zero-order valence-electron chi connectivity index (χ0n) is 13.9. The summed E-state index contributed by atoms with van der Waals surface area (Å²) in [5.41, 5.74) is 2.79. The van der Waals surface area contributed by atoms with Crippen molar-refractivity contribution in [3.63, 3.8) is 0 Å². The number of fused-ring (bicyclic) bond motifs is 1. The summed E-state index contributed by atoms with van der Waals surface area (Å²) >= 11 is 0. The van der Waals surface area contributed by atoms with Gasteiger partial charge in [0, 0.05) is 36.4 Å². The molecule has 1 heterocycles. The van der Waals surface area contributed by atoms with E-state index >= 15 is 0 Å². The summed E-state index contributed by atoms with van der Waals surface area (Å²) in [6, 6.07) is 6.33. The van der Waals surface area contributed by atoms with Gasteiger partial charge in [0.2, 0.25) is 0 Å². The first kappa shape index (κ1) is 16.3. The van der Waals surface area contributed by atoms with Crippen LogP contribution in [0.4, 0.5) is 5.69 Å². The Hall–Kier alpha value is -2.54. The molecule has 3 rings (SSSR count). The van der Waals surface area contributed by atoms with E-state index in [9.17, 15) is 14.9 Å². The van der Waals surface area contributed by atoms with Crippen molar-refractivity contribution in [2.45, 2.75) is 25.8 Å². The fraction of sp³-hybridized carbons (Fsp3) is 0.412. The van der Waals surface area contributed by atoms with Gasteiger partial charge in [-0.1, -0.05) is 12.1 Å². The number of aromatic nitrogens is 2. The quantitative estimate of drug-likeness (QED) is 0.622. The largest absolute Gasteiger partial charge is 0.308 e. The summed E-state index contributed by atoms with van der Waals surface area (Å²) in [7, 11) is 3.98. The average Bonchev–Trinajstić information content (AvgIpc) is 2.93. The van der Waals surface area contributed by atoms with E-state index in [-0.39, 0.29) is 11.5 Å². The molecule has 1 aromatic heterocycles. The van der Waals surface area contributed by atoms with E-state index in [1.54, 1.807) is 12.1 Å². The highest BCUT2D eigenvalue weighted by atomic mass is 16.6. The van der Waals surface area contributed by atoms with Crippen molar-refractivity contribution in [3.8, 4) is 11.3 Å². The summed E-state index contributed by atoms with van der Waals surface area (Å²) in [6.07, 6.45) is 2.15. The Labute approximate surface area is 140 Å². The van der Waals surface area contributed by atoms with Crippen molar-refractivity contribution < 1.29 is 9.72 Å². The Morgan fingerprint density at radius 2 is 2.12 bits per heavy atom. The van der Waals surface area contributed by atoms with Crippen LogP contribution in [-0.2, 0) is 13.0 Å². The molecule has 24 heavy (non-hydrogen) atoms. The molecule has 0 spiro atoms. The van der Waals surface area contributed by atoms with Gasteiger partial charge in [0.25, 0.3) is 5.69 Å². The summed E-state index contributed by atoms with van der Waals surface area (Å²) in [5.74, 6) is 0.0776. The molecule has 0 radical (unpaired) electrons. The molecule has 0 atom stereocenters. The van der Waals surface area contributed by atoms with Gasteiger partial charge in [-0.2, -0.15) is 5.10 Å². The van der Waals surface area contributed by atoms with Crippen molar-refractivity contribution in [2.75, 3.05) is 20.6 Å². The molecule has 7 nitrogen and oxygen atoms in total. The lowest BCUT2D eigenvalue weighted by molar-refractivity contribution is -0.384. The first-order chi connectivity index (χ1) is 11.5. The zero-order chi connectivity index (χ0) is 17.3. The van der Waals surface area contributed by atoms with Crippen molar-refractivity contribution >= 4 is 11.5 Å². The number of hydrogen-bond donors (Lipinski definition) is 0. The maximum absolute atomic E-state index is 12.5. The molecular weight excluding hydrogens is 308 g/mol. The van der Waals surface area contributed by atoms with E-state index in [4.69, 9.17) is 0 Å². The number of ketones is 1. The topological polar surface area (TPSA) is 81.3 Å². The third kappa shape index (κ3) is 3.07. The van der Waals surface area contributed by atoms with E-state index in [0.717, 1.165) is 25.1 Å². The Morgan fingerprint density at radius 1 is 1.33 bits per heavy atom. The fourth-order valence-corrected chi connectivity index (χ4v) is 3.03. The highest BCUT2D eigenvalue weighted by Gasteiger charge is 2.28. The van der Waals surface area contributed by atoms with Gasteiger partial charge >= 0.3 is 0 Å². The minimum absolute atomic E-state index is 0.00681. The monoisotopic (exact) mass is 328 g/mol. The zero-order valence-corrected chi connectivity index (χ0v) is 13.9. The molecular formula is C17H20N4O3. The number of hydrogen-bond acceptors (Lipinski definition) is 5. The minimum Gasteiger partial charge on any atom is -0.308 e. The molecule has 0 saturated carbocycles. The standard InChI is InChI=1S/C17H20N4O3/c1-19(2)9-10-20-14-7-4-8-15(22)16(14)17(18-20)12-5-3-6-13(11-12)21(23)24/h3,5-6,11H,4,7-10H2,1-2H3. The van der Waals surface area contributed by atoms with Crippen LogP contribution in [0.3, 0.4) is 0 Å². The van der Waals surface area contributed by atoms with Crippen molar-refractivity contribution in [3.05, 3.63) is 45.6 Å². The second-order valence-corrected chi connectivity index (χ2v) is 6.28. The first-order valence-electron chi connectivity index (χ1n) is 8.00. The van der Waals surface area contributed by atoms with Gasteiger partial charge in [-0.25, -0.2) is 0 Å². The molecule has 1 aliphatic rings. The van der Waals surface area contributed by atoms with Gasteiger partial charge in [0.15, 0.2) is 5.78 Å². The van der Waals surface area contributed by atoms with Gasteiger partial charge in [-0.15, -0.1) is 0 Å². The van der Waals surface area contributed by atoms with Crippen LogP contribution < -0.4 is 0 Å². The third-order valence-electron chi connectivity index (χ3n) is 4.24. The van der Waals surface area contributed by atoms with Gasteiger partial charge in [0.1, 0.15) is 5.69 Å². The molecule has 0 saturated heterocycles. The second-order valence-electron chi connectivity index (χ2n) is 6.28. The smallest absolute Gasteiger partial charge is 0.270 e. The van der Waals surface area contributed by atoms with E-state index in [1.807, 2.05) is 18.8 Å². The Bertz CT molecular complexity index is 795. The van der Waals surface area contributed by atoms with Crippen molar-refractivity contribution in [1.82, 2.24) is 14.7 Å². The Kier molecular flexibility index (Phi) is 4.44. The summed E-state index contributed by atoms with van der Waals surface area (Å²) in [5, 5.41) is 15.7. The normalized spacial score (nSPS) is 14.0. The van der Waals surface area contributed by atoms with Crippen LogP contribution in [0.5, 0.6) is 0 Å². The number of nitrogens with zero attached hydrogens (tertiary/aromatic N) is 4. The van der Waals surface area contributed by atoms with Crippen LogP contribution in [0.2, 0.25) is 0 Å². The number of nitro groups is 1. The summed E-state index contributed by atoms with van der Waals surface area (Å²) in [4.78, 5) is 25.1. The molecule has 0 amide bonds. The maximum atomic E-state index is 12.5. The molecule has 0 bridgehead atoms. The number of Topliss-reactive ketones (excluding diaryl/α,β-unsaturated/α-hetero) is 1. The average molecular weight is 328 g/mol. The lowest BCUT2D eigenvalue weighted by atomic mass is 9.92. The lowest BCUT2D eigenvalue weighted by Gasteiger charge is -2.15. The van der Waals surface area contributed by atoms with Gasteiger partial charge in [0.05, 0.1) is 17.0 Å². The molecule has 0 unspecified atom stereocenters. The number of carbonyl (C=O) groups is 1. The van der Waals surface area contributed by atoms with E-state index in [1.165, 1.54) is 12.1 Å². The Morgan fingerprint density at radius 3 is 2.83 bits per heavy atom. The van der Waals surface area contributed by atoms with Crippen LogP contribution in [0.1, 0.15) is 28.9 Å². The molecule has 126 valence electrons. The lowest BCUT2D eigenvalue weighted by Crippen LogP contribution is -2.21. The highest BCUT2D eigenvalue weighted by Crippen LogP contribution is 2.32. The molecule has 7 heteroatoms. The van der Waals surface area contributed by atoms with E-state index in [2.05, 4.69) is 10.00 Å². The van der Waals surface area contributed by atoms with Crippen molar-refractivity contribution in [2.24, 2.45) is 0 Å². The SMILES string of the molecule is CN(C)CCn1nc(-c2cccc([N+](=O)[O-])c2)c2c1CCCC2=O. The molecule has 0 fully saturated rings. The molecule has 1 aliphatic carbocycles. The minimum atomic E-state index is -0.430.